The molecule has 1 amide bonds. The maximum absolute atomic E-state index is 12.5. The molecule has 0 radical (unpaired) electrons. The van der Waals surface area contributed by atoms with Gasteiger partial charge in [0.25, 0.3) is 5.22 Å². The summed E-state index contributed by atoms with van der Waals surface area (Å²) in [7, 11) is 0. The lowest BCUT2D eigenvalue weighted by Crippen LogP contribution is -2.48. The molecule has 0 unspecified atom stereocenters. The van der Waals surface area contributed by atoms with Gasteiger partial charge in [-0.15, -0.1) is 10.2 Å². The van der Waals surface area contributed by atoms with Crippen molar-refractivity contribution in [3.63, 3.8) is 0 Å². The molecular formula is C17H20BrN3O2S. The molecule has 2 aromatic rings. The van der Waals surface area contributed by atoms with Crippen LogP contribution in [-0.4, -0.2) is 38.8 Å². The average molecular weight is 410 g/mol. The number of nitrogens with zero attached hydrogens (tertiary/aromatic N) is 3. The Balaban J connectivity index is 1.63. The minimum Gasteiger partial charge on any atom is -0.411 e. The van der Waals surface area contributed by atoms with E-state index in [0.717, 1.165) is 22.9 Å². The van der Waals surface area contributed by atoms with Crippen molar-refractivity contribution >= 4 is 33.6 Å². The molecule has 0 saturated carbocycles. The summed E-state index contributed by atoms with van der Waals surface area (Å²) in [6.45, 7) is 4.24. The van der Waals surface area contributed by atoms with Crippen LogP contribution in [0.25, 0.3) is 11.5 Å². The van der Waals surface area contributed by atoms with E-state index in [1.165, 1.54) is 18.2 Å². The number of hydrogen-bond acceptors (Lipinski definition) is 5. The first kappa shape index (κ1) is 17.5. The normalized spacial score (nSPS) is 21.0. The molecular weight excluding hydrogens is 390 g/mol. The third-order valence-corrected chi connectivity index (χ3v) is 5.81. The predicted octanol–water partition coefficient (Wildman–Crippen LogP) is 4.38. The minimum absolute atomic E-state index is 0.139. The van der Waals surface area contributed by atoms with Crippen LogP contribution >= 0.6 is 27.7 Å². The fourth-order valence-electron chi connectivity index (χ4n) is 3.12. The van der Waals surface area contributed by atoms with Crippen molar-refractivity contribution in [2.24, 2.45) is 0 Å². The van der Waals surface area contributed by atoms with Crippen LogP contribution in [0, 0.1) is 0 Å². The van der Waals surface area contributed by atoms with E-state index in [-0.39, 0.29) is 5.91 Å². The largest absolute Gasteiger partial charge is 0.411 e. The zero-order chi connectivity index (χ0) is 17.1. The van der Waals surface area contributed by atoms with Gasteiger partial charge in [0.15, 0.2) is 0 Å². The molecule has 0 spiro atoms. The summed E-state index contributed by atoms with van der Waals surface area (Å²) >= 11 is 4.78. The van der Waals surface area contributed by atoms with Crippen molar-refractivity contribution < 1.29 is 9.21 Å². The summed E-state index contributed by atoms with van der Waals surface area (Å²) in [6, 6.07) is 8.29. The van der Waals surface area contributed by atoms with E-state index in [2.05, 4.69) is 40.0 Å². The van der Waals surface area contributed by atoms with E-state index in [4.69, 9.17) is 4.42 Å². The minimum atomic E-state index is 0.139. The summed E-state index contributed by atoms with van der Waals surface area (Å²) in [6.07, 6.45) is 3.35. The van der Waals surface area contributed by atoms with Crippen molar-refractivity contribution in [1.29, 1.82) is 0 Å². The Bertz CT molecular complexity index is 711. The van der Waals surface area contributed by atoms with Gasteiger partial charge in [0.2, 0.25) is 11.8 Å². The van der Waals surface area contributed by atoms with Gasteiger partial charge in [-0.25, -0.2) is 0 Å². The quantitative estimate of drug-likeness (QED) is 0.701. The third kappa shape index (κ3) is 3.83. The van der Waals surface area contributed by atoms with Crippen LogP contribution in [0.1, 0.15) is 33.1 Å². The molecule has 0 bridgehead atoms. The lowest BCUT2D eigenvalue weighted by molar-refractivity contribution is -0.134. The highest BCUT2D eigenvalue weighted by Crippen LogP contribution is 2.29. The van der Waals surface area contributed by atoms with E-state index in [1.54, 1.807) is 0 Å². The first-order valence-corrected chi connectivity index (χ1v) is 9.86. The number of thioether (sulfide) groups is 1. The van der Waals surface area contributed by atoms with Crippen LogP contribution in [0.2, 0.25) is 0 Å². The fraction of sp³-hybridized carbons (Fsp3) is 0.471. The highest BCUT2D eigenvalue weighted by molar-refractivity contribution is 9.10. The Hall–Kier alpha value is -1.34. The summed E-state index contributed by atoms with van der Waals surface area (Å²) in [4.78, 5) is 14.5. The number of aromatic nitrogens is 2. The lowest BCUT2D eigenvalue weighted by atomic mass is 9.98. The van der Waals surface area contributed by atoms with E-state index in [1.807, 2.05) is 29.2 Å². The Morgan fingerprint density at radius 3 is 2.71 bits per heavy atom. The number of carbonyl (C=O) groups is 1. The summed E-state index contributed by atoms with van der Waals surface area (Å²) in [5.41, 5.74) is 0.849. The highest BCUT2D eigenvalue weighted by atomic mass is 79.9. The second-order valence-corrected chi connectivity index (χ2v) is 7.85. The van der Waals surface area contributed by atoms with E-state index >= 15 is 0 Å². The third-order valence-electron chi connectivity index (χ3n) is 4.31. The summed E-state index contributed by atoms with van der Waals surface area (Å²) in [5, 5.41) is 8.54. The van der Waals surface area contributed by atoms with Crippen molar-refractivity contribution in [2.45, 2.75) is 50.4 Å². The van der Waals surface area contributed by atoms with E-state index in [0.29, 0.717) is 29.0 Å². The van der Waals surface area contributed by atoms with Gasteiger partial charge >= 0.3 is 0 Å². The van der Waals surface area contributed by atoms with Gasteiger partial charge in [-0.3, -0.25) is 4.79 Å². The molecule has 1 saturated heterocycles. The van der Waals surface area contributed by atoms with Crippen LogP contribution in [0.15, 0.2) is 38.4 Å². The van der Waals surface area contributed by atoms with Gasteiger partial charge in [0, 0.05) is 16.6 Å². The number of halogens is 1. The molecule has 5 nitrogen and oxygen atoms in total. The number of amides is 1. The van der Waals surface area contributed by atoms with Gasteiger partial charge in [0.1, 0.15) is 0 Å². The van der Waals surface area contributed by atoms with E-state index in [9.17, 15) is 4.79 Å². The Morgan fingerprint density at radius 2 is 2.00 bits per heavy atom. The topological polar surface area (TPSA) is 59.2 Å². The van der Waals surface area contributed by atoms with Crippen LogP contribution in [0.3, 0.4) is 0 Å². The number of benzene rings is 1. The molecule has 24 heavy (non-hydrogen) atoms. The van der Waals surface area contributed by atoms with Crippen LogP contribution < -0.4 is 0 Å². The number of carbonyl (C=O) groups excluding carboxylic acids is 1. The van der Waals surface area contributed by atoms with Crippen molar-refractivity contribution in [1.82, 2.24) is 15.1 Å². The molecule has 1 aromatic heterocycles. The molecule has 0 aliphatic carbocycles. The molecule has 2 atom stereocenters. The second kappa shape index (κ2) is 7.70. The SMILES string of the molecule is C[C@H]1CCC[C@H](C)N1C(=O)CSc1nnc(-c2ccccc2Br)o1. The van der Waals surface area contributed by atoms with Crippen LogP contribution in [-0.2, 0) is 4.79 Å². The zero-order valence-corrected chi connectivity index (χ0v) is 16.1. The van der Waals surface area contributed by atoms with Gasteiger partial charge in [-0.1, -0.05) is 23.9 Å². The number of hydrogen-bond donors (Lipinski definition) is 0. The molecule has 128 valence electrons. The highest BCUT2D eigenvalue weighted by Gasteiger charge is 2.29. The first-order chi connectivity index (χ1) is 11.6. The summed E-state index contributed by atoms with van der Waals surface area (Å²) < 4.78 is 6.58. The van der Waals surface area contributed by atoms with Crippen molar-refractivity contribution in [3.05, 3.63) is 28.7 Å². The number of piperidine rings is 1. The predicted molar refractivity (Wildman–Crippen MR) is 97.8 cm³/mol. The Kier molecular flexibility index (Phi) is 5.61. The molecule has 0 N–H and O–H groups in total. The molecule has 3 rings (SSSR count). The monoisotopic (exact) mass is 409 g/mol. The Labute approximate surface area is 154 Å². The average Bonchev–Trinajstić information content (AvgIpc) is 3.02. The van der Waals surface area contributed by atoms with Gasteiger partial charge < -0.3 is 9.32 Å². The maximum atomic E-state index is 12.5. The molecule has 2 heterocycles. The fourth-order valence-corrected chi connectivity index (χ4v) is 4.21. The first-order valence-electron chi connectivity index (χ1n) is 8.08. The molecule has 1 aliphatic rings. The van der Waals surface area contributed by atoms with Gasteiger partial charge in [-0.2, -0.15) is 0 Å². The van der Waals surface area contributed by atoms with Crippen LogP contribution in [0.5, 0.6) is 0 Å². The van der Waals surface area contributed by atoms with E-state index < -0.39 is 0 Å². The maximum Gasteiger partial charge on any atom is 0.277 e. The van der Waals surface area contributed by atoms with Gasteiger partial charge in [-0.05, 0) is 61.2 Å². The molecule has 1 aliphatic heterocycles. The van der Waals surface area contributed by atoms with Crippen LogP contribution in [0.4, 0.5) is 0 Å². The zero-order valence-electron chi connectivity index (χ0n) is 13.7. The molecule has 7 heteroatoms. The lowest BCUT2D eigenvalue weighted by Gasteiger charge is -2.39. The number of likely N-dealkylation sites (tertiary alicyclic amines) is 1. The summed E-state index contributed by atoms with van der Waals surface area (Å²) in [5.74, 6) is 0.921. The van der Waals surface area contributed by atoms with Crippen molar-refractivity contribution in [2.75, 3.05) is 5.75 Å². The second-order valence-electron chi connectivity index (χ2n) is 6.07. The standard InChI is InChI=1S/C17H20BrN3O2S/c1-11-6-5-7-12(2)21(11)15(22)10-24-17-20-19-16(23-17)13-8-3-4-9-14(13)18/h3-4,8-9,11-12H,5-7,10H2,1-2H3/t11-,12-/m0/s1. The smallest absolute Gasteiger partial charge is 0.277 e. The number of rotatable bonds is 4. The van der Waals surface area contributed by atoms with Crippen molar-refractivity contribution in [3.8, 4) is 11.5 Å². The Morgan fingerprint density at radius 1 is 1.29 bits per heavy atom. The molecule has 1 fully saturated rings. The molecule has 1 aromatic carbocycles. The van der Waals surface area contributed by atoms with Gasteiger partial charge in [0.05, 0.1) is 11.3 Å².